The second-order valence-corrected chi connectivity index (χ2v) is 6.17. The molecule has 0 aliphatic carbocycles. The van der Waals surface area contributed by atoms with Crippen molar-refractivity contribution in [3.63, 3.8) is 0 Å². The van der Waals surface area contributed by atoms with Gasteiger partial charge in [0.15, 0.2) is 0 Å². The number of rotatable bonds is 5. The fourth-order valence-corrected chi connectivity index (χ4v) is 2.77. The lowest BCUT2D eigenvalue weighted by Gasteiger charge is -2.07. The number of benzene rings is 2. The van der Waals surface area contributed by atoms with Crippen molar-refractivity contribution in [1.82, 2.24) is 0 Å². The van der Waals surface area contributed by atoms with Gasteiger partial charge in [0.1, 0.15) is 11.5 Å². The molecule has 2 rings (SSSR count). The standard InChI is InChI=1S/C13H10ClNO5S/c14-11-3-1-10(2-4-11)9-21(18,19)20-13-7-5-12(6-8-13)15(16)17/h1-8H,9H2. The lowest BCUT2D eigenvalue weighted by molar-refractivity contribution is -0.384. The van der Waals surface area contributed by atoms with Crippen molar-refractivity contribution < 1.29 is 17.5 Å². The molecule has 2 aromatic rings. The Morgan fingerprint density at radius 2 is 1.62 bits per heavy atom. The van der Waals surface area contributed by atoms with Crippen molar-refractivity contribution in [1.29, 1.82) is 0 Å². The van der Waals surface area contributed by atoms with Gasteiger partial charge in [-0.2, -0.15) is 8.42 Å². The van der Waals surface area contributed by atoms with Crippen molar-refractivity contribution in [2.75, 3.05) is 0 Å². The van der Waals surface area contributed by atoms with E-state index in [0.717, 1.165) is 0 Å². The van der Waals surface area contributed by atoms with E-state index in [1.165, 1.54) is 24.3 Å². The van der Waals surface area contributed by atoms with Gasteiger partial charge in [0.05, 0.1) is 4.92 Å². The van der Waals surface area contributed by atoms with Gasteiger partial charge in [0.2, 0.25) is 0 Å². The van der Waals surface area contributed by atoms with E-state index in [1.807, 2.05) is 0 Å². The zero-order valence-electron chi connectivity index (χ0n) is 10.6. The molecule has 0 N–H and O–H groups in total. The molecular weight excluding hydrogens is 318 g/mol. The summed E-state index contributed by atoms with van der Waals surface area (Å²) in [7, 11) is -3.85. The van der Waals surface area contributed by atoms with Gasteiger partial charge in [-0.3, -0.25) is 10.1 Å². The summed E-state index contributed by atoms with van der Waals surface area (Å²) in [5, 5.41) is 11.0. The third-order valence-electron chi connectivity index (χ3n) is 2.53. The molecule has 0 aliphatic heterocycles. The van der Waals surface area contributed by atoms with Crippen LogP contribution in [-0.2, 0) is 15.9 Å². The molecule has 0 saturated heterocycles. The van der Waals surface area contributed by atoms with Gasteiger partial charge in [-0.1, -0.05) is 23.7 Å². The summed E-state index contributed by atoms with van der Waals surface area (Å²) in [6, 6.07) is 11.1. The maximum Gasteiger partial charge on any atom is 0.313 e. The highest BCUT2D eigenvalue weighted by molar-refractivity contribution is 7.86. The Bertz CT molecular complexity index is 741. The smallest absolute Gasteiger partial charge is 0.313 e. The van der Waals surface area contributed by atoms with Crippen LogP contribution in [0.25, 0.3) is 0 Å². The molecule has 0 aliphatic rings. The SMILES string of the molecule is O=[N+]([O-])c1ccc(OS(=O)(=O)Cc2ccc(Cl)cc2)cc1. The molecule has 0 heterocycles. The van der Waals surface area contributed by atoms with Crippen LogP contribution < -0.4 is 4.18 Å². The van der Waals surface area contributed by atoms with Crippen LogP contribution in [0.1, 0.15) is 5.56 Å². The van der Waals surface area contributed by atoms with Crippen molar-refractivity contribution in [3.05, 3.63) is 69.2 Å². The molecule has 21 heavy (non-hydrogen) atoms. The third kappa shape index (κ3) is 4.44. The predicted octanol–water partition coefficient (Wildman–Crippen LogP) is 3.16. The van der Waals surface area contributed by atoms with E-state index in [-0.39, 0.29) is 17.2 Å². The molecule has 0 aromatic heterocycles. The number of nitrogens with zero attached hydrogens (tertiary/aromatic N) is 1. The van der Waals surface area contributed by atoms with Crippen LogP contribution in [0.15, 0.2) is 48.5 Å². The number of halogens is 1. The Kier molecular flexibility index (Phi) is 4.44. The normalized spacial score (nSPS) is 11.1. The highest BCUT2D eigenvalue weighted by Gasteiger charge is 2.15. The maximum atomic E-state index is 11.9. The van der Waals surface area contributed by atoms with Crippen LogP contribution in [0.2, 0.25) is 5.02 Å². The first kappa shape index (κ1) is 15.3. The van der Waals surface area contributed by atoms with Gasteiger partial charge in [-0.15, -0.1) is 0 Å². The lowest BCUT2D eigenvalue weighted by atomic mass is 10.2. The molecule has 0 bridgehead atoms. The molecule has 8 heteroatoms. The minimum absolute atomic E-state index is 0.0227. The molecule has 0 amide bonds. The molecule has 2 aromatic carbocycles. The number of nitro benzene ring substituents is 1. The van der Waals surface area contributed by atoms with E-state index >= 15 is 0 Å². The summed E-state index contributed by atoms with van der Waals surface area (Å²) < 4.78 is 28.7. The topological polar surface area (TPSA) is 86.5 Å². The zero-order chi connectivity index (χ0) is 15.5. The Morgan fingerprint density at radius 3 is 2.14 bits per heavy atom. The van der Waals surface area contributed by atoms with Crippen LogP contribution in [0.3, 0.4) is 0 Å². The van der Waals surface area contributed by atoms with Gasteiger partial charge in [0, 0.05) is 17.2 Å². The zero-order valence-corrected chi connectivity index (χ0v) is 12.2. The molecule has 6 nitrogen and oxygen atoms in total. The molecule has 0 saturated carbocycles. The number of hydrogen-bond acceptors (Lipinski definition) is 5. The Balaban J connectivity index is 2.10. The first-order valence-electron chi connectivity index (χ1n) is 5.77. The maximum absolute atomic E-state index is 11.9. The summed E-state index contributed by atoms with van der Waals surface area (Å²) in [4.78, 5) is 9.92. The Morgan fingerprint density at radius 1 is 1.05 bits per heavy atom. The van der Waals surface area contributed by atoms with Gasteiger partial charge in [-0.25, -0.2) is 0 Å². The molecule has 0 radical (unpaired) electrons. The summed E-state index contributed by atoms with van der Waals surface area (Å²) in [5.41, 5.74) is 0.388. The van der Waals surface area contributed by atoms with E-state index < -0.39 is 15.0 Å². The molecule has 0 spiro atoms. The van der Waals surface area contributed by atoms with E-state index in [4.69, 9.17) is 15.8 Å². The Hall–Kier alpha value is -2.12. The van der Waals surface area contributed by atoms with Crippen LogP contribution >= 0.6 is 11.6 Å². The van der Waals surface area contributed by atoms with E-state index in [0.29, 0.717) is 10.6 Å². The highest BCUT2D eigenvalue weighted by Crippen LogP contribution is 2.20. The largest absolute Gasteiger partial charge is 0.382 e. The van der Waals surface area contributed by atoms with Gasteiger partial charge >= 0.3 is 10.1 Å². The second kappa shape index (κ2) is 6.11. The third-order valence-corrected chi connectivity index (χ3v) is 3.91. The van der Waals surface area contributed by atoms with Crippen molar-refractivity contribution in [2.45, 2.75) is 5.75 Å². The quantitative estimate of drug-likeness (QED) is 0.478. The van der Waals surface area contributed by atoms with Crippen LogP contribution in [0, 0.1) is 10.1 Å². The highest BCUT2D eigenvalue weighted by atomic mass is 35.5. The van der Waals surface area contributed by atoms with E-state index in [1.54, 1.807) is 24.3 Å². The van der Waals surface area contributed by atoms with E-state index in [9.17, 15) is 18.5 Å². The Labute approximate surface area is 126 Å². The monoisotopic (exact) mass is 327 g/mol. The predicted molar refractivity (Wildman–Crippen MR) is 77.8 cm³/mol. The summed E-state index contributed by atoms with van der Waals surface area (Å²) in [5.74, 6) is -0.296. The average Bonchev–Trinajstić information content (AvgIpc) is 2.41. The van der Waals surface area contributed by atoms with Gasteiger partial charge in [-0.05, 0) is 29.8 Å². The summed E-state index contributed by atoms with van der Waals surface area (Å²) >= 11 is 5.72. The summed E-state index contributed by atoms with van der Waals surface area (Å²) in [6.07, 6.45) is 0. The first-order valence-corrected chi connectivity index (χ1v) is 7.72. The van der Waals surface area contributed by atoms with Crippen LogP contribution in [0.4, 0.5) is 5.69 Å². The number of nitro groups is 1. The molecule has 0 unspecified atom stereocenters. The fraction of sp³-hybridized carbons (Fsp3) is 0.0769. The van der Waals surface area contributed by atoms with Gasteiger partial charge < -0.3 is 4.18 Å². The average molecular weight is 328 g/mol. The number of non-ortho nitro benzene ring substituents is 1. The van der Waals surface area contributed by atoms with Crippen LogP contribution in [0.5, 0.6) is 5.75 Å². The minimum Gasteiger partial charge on any atom is -0.382 e. The molecule has 0 atom stereocenters. The van der Waals surface area contributed by atoms with E-state index in [2.05, 4.69) is 0 Å². The van der Waals surface area contributed by atoms with Crippen molar-refractivity contribution in [3.8, 4) is 5.75 Å². The fourth-order valence-electron chi connectivity index (χ4n) is 1.58. The second-order valence-electron chi connectivity index (χ2n) is 4.16. The minimum atomic E-state index is -3.85. The number of hydrogen-bond donors (Lipinski definition) is 0. The lowest BCUT2D eigenvalue weighted by Crippen LogP contribution is -2.12. The molecule has 0 fully saturated rings. The van der Waals surface area contributed by atoms with Crippen molar-refractivity contribution >= 4 is 27.4 Å². The first-order chi connectivity index (χ1) is 9.85. The summed E-state index contributed by atoms with van der Waals surface area (Å²) in [6.45, 7) is 0. The molecule has 110 valence electrons. The van der Waals surface area contributed by atoms with Crippen molar-refractivity contribution in [2.24, 2.45) is 0 Å². The van der Waals surface area contributed by atoms with Gasteiger partial charge in [0.25, 0.3) is 5.69 Å². The van der Waals surface area contributed by atoms with Crippen LogP contribution in [-0.4, -0.2) is 13.3 Å². The molecular formula is C13H10ClNO5S.